The van der Waals surface area contributed by atoms with E-state index in [1.165, 1.54) is 25.7 Å². The predicted molar refractivity (Wildman–Crippen MR) is 112 cm³/mol. The molecule has 158 valence electrons. The van der Waals surface area contributed by atoms with E-state index < -0.39 is 11.8 Å². The SMILES string of the molecule is COC(=O)c1ccc(-c2noc(-c3ccc(N4CCCCC4C)c(C#N)c3)n2)cc1F. The number of esters is 1. The molecule has 1 atom stereocenters. The number of benzene rings is 2. The van der Waals surface area contributed by atoms with Gasteiger partial charge in [-0.3, -0.25) is 0 Å². The summed E-state index contributed by atoms with van der Waals surface area (Å²) in [6.07, 6.45) is 3.41. The Kier molecular flexibility index (Phi) is 5.67. The van der Waals surface area contributed by atoms with E-state index in [-0.39, 0.29) is 17.3 Å². The minimum absolute atomic E-state index is 0.170. The lowest BCUT2D eigenvalue weighted by molar-refractivity contribution is 0.0595. The molecule has 0 bridgehead atoms. The van der Waals surface area contributed by atoms with Crippen LogP contribution in [0.15, 0.2) is 40.9 Å². The van der Waals surface area contributed by atoms with Crippen molar-refractivity contribution in [3.63, 3.8) is 0 Å². The Balaban J connectivity index is 1.63. The third-order valence-electron chi connectivity index (χ3n) is 5.53. The minimum Gasteiger partial charge on any atom is -0.465 e. The molecule has 1 unspecified atom stereocenters. The zero-order valence-corrected chi connectivity index (χ0v) is 17.3. The molecule has 31 heavy (non-hydrogen) atoms. The summed E-state index contributed by atoms with van der Waals surface area (Å²) in [5.41, 5.74) is 2.24. The van der Waals surface area contributed by atoms with Gasteiger partial charge in [-0.25, -0.2) is 9.18 Å². The highest BCUT2D eigenvalue weighted by molar-refractivity contribution is 5.90. The van der Waals surface area contributed by atoms with Crippen molar-refractivity contribution in [3.8, 4) is 28.9 Å². The molecule has 1 fully saturated rings. The van der Waals surface area contributed by atoms with Crippen LogP contribution in [0.3, 0.4) is 0 Å². The molecular formula is C23H21FN4O3. The molecule has 8 heteroatoms. The Bertz CT molecular complexity index is 1170. The van der Waals surface area contributed by atoms with Crippen LogP contribution in [0.1, 0.15) is 42.1 Å². The highest BCUT2D eigenvalue weighted by Gasteiger charge is 2.22. The summed E-state index contributed by atoms with van der Waals surface area (Å²) in [7, 11) is 1.19. The minimum atomic E-state index is -0.759. The van der Waals surface area contributed by atoms with Crippen molar-refractivity contribution in [2.75, 3.05) is 18.6 Å². The first-order valence-electron chi connectivity index (χ1n) is 10.0. The number of anilines is 1. The van der Waals surface area contributed by atoms with Crippen molar-refractivity contribution in [2.45, 2.75) is 32.2 Å². The summed E-state index contributed by atoms with van der Waals surface area (Å²) in [6.45, 7) is 3.09. The summed E-state index contributed by atoms with van der Waals surface area (Å²) >= 11 is 0. The Morgan fingerprint density at radius 1 is 1.26 bits per heavy atom. The second-order valence-electron chi connectivity index (χ2n) is 7.49. The van der Waals surface area contributed by atoms with E-state index in [0.29, 0.717) is 22.7 Å². The molecular weight excluding hydrogens is 399 g/mol. The molecule has 3 aromatic rings. The van der Waals surface area contributed by atoms with E-state index >= 15 is 0 Å². The lowest BCUT2D eigenvalue weighted by atomic mass is 10.0. The standard InChI is InChI=1S/C23H21FN4O3/c1-14-5-3-4-10-28(14)20-9-7-16(11-17(20)13-25)22-26-21(27-31-22)15-6-8-18(19(24)12-15)23(29)30-2/h6-9,11-12,14H,3-5,10H2,1-2H3. The number of methoxy groups -OCH3 is 1. The van der Waals surface area contributed by atoms with Crippen LogP contribution in [0.25, 0.3) is 22.8 Å². The first-order valence-corrected chi connectivity index (χ1v) is 10.0. The van der Waals surface area contributed by atoms with E-state index in [1.807, 2.05) is 12.1 Å². The fourth-order valence-corrected chi connectivity index (χ4v) is 3.85. The third-order valence-corrected chi connectivity index (χ3v) is 5.53. The molecule has 4 rings (SSSR count). The molecule has 1 aliphatic rings. The van der Waals surface area contributed by atoms with Gasteiger partial charge in [0.05, 0.1) is 23.9 Å². The van der Waals surface area contributed by atoms with E-state index in [2.05, 4.69) is 32.8 Å². The molecule has 7 nitrogen and oxygen atoms in total. The van der Waals surface area contributed by atoms with Gasteiger partial charge in [0.25, 0.3) is 5.89 Å². The Labute approximate surface area is 179 Å². The van der Waals surface area contributed by atoms with Crippen LogP contribution in [0.2, 0.25) is 0 Å². The molecule has 1 saturated heterocycles. The number of hydrogen-bond acceptors (Lipinski definition) is 7. The van der Waals surface area contributed by atoms with Crippen LogP contribution >= 0.6 is 0 Å². The van der Waals surface area contributed by atoms with Crippen molar-refractivity contribution in [3.05, 3.63) is 53.3 Å². The predicted octanol–water partition coefficient (Wildman–Crippen LogP) is 4.58. The van der Waals surface area contributed by atoms with Gasteiger partial charge in [0.15, 0.2) is 0 Å². The van der Waals surface area contributed by atoms with Crippen molar-refractivity contribution >= 4 is 11.7 Å². The third kappa shape index (κ3) is 3.99. The number of piperidine rings is 1. The average Bonchev–Trinajstić information content (AvgIpc) is 3.29. The van der Waals surface area contributed by atoms with Crippen LogP contribution in [0.4, 0.5) is 10.1 Å². The number of ether oxygens (including phenoxy) is 1. The molecule has 0 radical (unpaired) electrons. The average molecular weight is 420 g/mol. The summed E-state index contributed by atoms with van der Waals surface area (Å²) in [6, 6.07) is 12.1. The zero-order valence-electron chi connectivity index (χ0n) is 17.3. The van der Waals surface area contributed by atoms with Gasteiger partial charge >= 0.3 is 5.97 Å². The van der Waals surface area contributed by atoms with Gasteiger partial charge in [0.1, 0.15) is 11.9 Å². The van der Waals surface area contributed by atoms with Gasteiger partial charge in [0.2, 0.25) is 5.82 Å². The highest BCUT2D eigenvalue weighted by atomic mass is 19.1. The number of carbonyl (C=O) groups is 1. The topological polar surface area (TPSA) is 92.2 Å². The molecule has 0 spiro atoms. The number of aromatic nitrogens is 2. The van der Waals surface area contributed by atoms with Crippen LogP contribution in [-0.4, -0.2) is 35.8 Å². The van der Waals surface area contributed by atoms with Crippen LogP contribution in [0, 0.1) is 17.1 Å². The smallest absolute Gasteiger partial charge is 0.340 e. The maximum Gasteiger partial charge on any atom is 0.340 e. The van der Waals surface area contributed by atoms with Gasteiger partial charge in [0, 0.05) is 23.7 Å². The zero-order chi connectivity index (χ0) is 22.0. The Morgan fingerprint density at radius 2 is 2.06 bits per heavy atom. The molecule has 0 saturated carbocycles. The number of carbonyl (C=O) groups excluding carboxylic acids is 1. The Hall–Kier alpha value is -3.73. The van der Waals surface area contributed by atoms with Gasteiger partial charge in [-0.2, -0.15) is 10.2 Å². The van der Waals surface area contributed by atoms with E-state index in [9.17, 15) is 14.4 Å². The quantitative estimate of drug-likeness (QED) is 0.571. The molecule has 0 aliphatic carbocycles. The molecule has 1 aliphatic heterocycles. The molecule has 0 amide bonds. The van der Waals surface area contributed by atoms with E-state index in [1.54, 1.807) is 6.07 Å². The lowest BCUT2D eigenvalue weighted by Crippen LogP contribution is -2.37. The maximum absolute atomic E-state index is 14.2. The highest BCUT2D eigenvalue weighted by Crippen LogP contribution is 2.31. The Morgan fingerprint density at radius 3 is 2.77 bits per heavy atom. The number of hydrogen-bond donors (Lipinski definition) is 0. The lowest BCUT2D eigenvalue weighted by Gasteiger charge is -2.36. The fourth-order valence-electron chi connectivity index (χ4n) is 3.85. The van der Waals surface area contributed by atoms with Gasteiger partial charge < -0.3 is 14.2 Å². The first kappa shape index (κ1) is 20.5. The number of nitriles is 1. The number of rotatable bonds is 4. The normalized spacial score (nSPS) is 16.1. The number of nitrogens with zero attached hydrogens (tertiary/aromatic N) is 4. The second-order valence-corrected chi connectivity index (χ2v) is 7.49. The van der Waals surface area contributed by atoms with Gasteiger partial charge in [-0.15, -0.1) is 0 Å². The molecule has 2 heterocycles. The monoisotopic (exact) mass is 420 g/mol. The maximum atomic E-state index is 14.2. The summed E-state index contributed by atoms with van der Waals surface area (Å²) in [5.74, 6) is -1.09. The largest absolute Gasteiger partial charge is 0.465 e. The summed E-state index contributed by atoms with van der Waals surface area (Å²) in [4.78, 5) is 18.1. The van der Waals surface area contributed by atoms with Crippen molar-refractivity contribution in [1.82, 2.24) is 10.1 Å². The van der Waals surface area contributed by atoms with Crippen LogP contribution in [0.5, 0.6) is 0 Å². The van der Waals surface area contributed by atoms with Crippen molar-refractivity contribution in [2.24, 2.45) is 0 Å². The summed E-state index contributed by atoms with van der Waals surface area (Å²) < 4.78 is 24.1. The van der Waals surface area contributed by atoms with Gasteiger partial charge in [-0.1, -0.05) is 5.16 Å². The number of halogens is 1. The van der Waals surface area contributed by atoms with Crippen LogP contribution < -0.4 is 4.90 Å². The van der Waals surface area contributed by atoms with Crippen molar-refractivity contribution in [1.29, 1.82) is 5.26 Å². The first-order chi connectivity index (χ1) is 15.0. The molecule has 2 aromatic carbocycles. The van der Waals surface area contributed by atoms with Crippen molar-refractivity contribution < 1.29 is 18.4 Å². The second kappa shape index (κ2) is 8.56. The molecule has 0 N–H and O–H groups in total. The van der Waals surface area contributed by atoms with E-state index in [0.717, 1.165) is 31.1 Å². The van der Waals surface area contributed by atoms with Gasteiger partial charge in [-0.05, 0) is 62.6 Å². The van der Waals surface area contributed by atoms with Crippen LogP contribution in [-0.2, 0) is 4.74 Å². The summed E-state index contributed by atoms with van der Waals surface area (Å²) in [5, 5.41) is 13.6. The molecule has 1 aromatic heterocycles. The fraction of sp³-hybridized carbons (Fsp3) is 0.304. The van der Waals surface area contributed by atoms with E-state index in [4.69, 9.17) is 4.52 Å².